The molecule has 0 unspecified atom stereocenters. The zero-order valence-corrected chi connectivity index (χ0v) is 17.0. The van der Waals surface area contributed by atoms with E-state index >= 15 is 0 Å². The Bertz CT molecular complexity index is 1050. The highest BCUT2D eigenvalue weighted by atomic mass is 32.2. The largest absolute Gasteiger partial charge is 0.368 e. The Morgan fingerprint density at radius 3 is 2.77 bits per heavy atom. The van der Waals surface area contributed by atoms with Gasteiger partial charge in [0.2, 0.25) is 17.8 Å². The summed E-state index contributed by atoms with van der Waals surface area (Å²) in [6.45, 7) is 0.737. The zero-order valence-electron chi connectivity index (χ0n) is 16.2. The fraction of sp³-hybridized carbons (Fsp3) is 0.238. The third-order valence-electron chi connectivity index (χ3n) is 4.67. The third-order valence-corrected chi connectivity index (χ3v) is 5.58. The van der Waals surface area contributed by atoms with Crippen molar-refractivity contribution in [3.8, 4) is 0 Å². The van der Waals surface area contributed by atoms with Crippen LogP contribution in [0, 0.1) is 5.82 Å². The van der Waals surface area contributed by atoms with Crippen molar-refractivity contribution in [1.82, 2.24) is 15.0 Å². The van der Waals surface area contributed by atoms with Crippen molar-refractivity contribution in [3.05, 3.63) is 65.7 Å². The van der Waals surface area contributed by atoms with Gasteiger partial charge < -0.3 is 16.0 Å². The summed E-state index contributed by atoms with van der Waals surface area (Å²) in [5.74, 6) is 1.33. The summed E-state index contributed by atoms with van der Waals surface area (Å²) in [5, 5.41) is 2.98. The first-order valence-corrected chi connectivity index (χ1v) is 10.7. The van der Waals surface area contributed by atoms with E-state index < -0.39 is 0 Å². The van der Waals surface area contributed by atoms with E-state index in [2.05, 4.69) is 26.3 Å². The van der Waals surface area contributed by atoms with Crippen molar-refractivity contribution in [1.29, 1.82) is 0 Å². The predicted octanol–water partition coefficient (Wildman–Crippen LogP) is 3.55. The number of rotatable bonds is 6. The molecule has 30 heavy (non-hydrogen) atoms. The Morgan fingerprint density at radius 1 is 1.13 bits per heavy atom. The van der Waals surface area contributed by atoms with Gasteiger partial charge in [0.1, 0.15) is 11.6 Å². The second kappa shape index (κ2) is 9.08. The Hall–Kier alpha value is -3.20. The topological polar surface area (TPSA) is 97.0 Å². The molecule has 1 amide bonds. The van der Waals surface area contributed by atoms with Crippen LogP contribution in [-0.2, 0) is 17.0 Å². The number of nitrogen functional groups attached to an aromatic ring is 1. The molecular formula is C21H21FN6OS. The minimum atomic E-state index is -0.325. The van der Waals surface area contributed by atoms with Gasteiger partial charge in [-0.15, -0.1) is 11.8 Å². The minimum Gasteiger partial charge on any atom is -0.368 e. The molecule has 0 atom stereocenters. The summed E-state index contributed by atoms with van der Waals surface area (Å²) in [4.78, 5) is 27.1. The van der Waals surface area contributed by atoms with Gasteiger partial charge in [0.05, 0.1) is 11.5 Å². The van der Waals surface area contributed by atoms with Gasteiger partial charge in [0.15, 0.2) is 0 Å². The molecule has 7 nitrogen and oxygen atoms in total. The molecule has 154 valence electrons. The quantitative estimate of drug-likeness (QED) is 0.625. The van der Waals surface area contributed by atoms with Gasteiger partial charge in [-0.1, -0.05) is 18.2 Å². The SMILES string of the molecule is Nc1nc(CSCC(=O)N2CCCc3ccccc32)nc(Nc2ccc(F)cc2)n1. The Kier molecular flexibility index (Phi) is 6.08. The molecule has 0 spiro atoms. The molecule has 2 aromatic carbocycles. The molecule has 3 aromatic rings. The maximum Gasteiger partial charge on any atom is 0.236 e. The van der Waals surface area contributed by atoms with E-state index in [1.165, 1.54) is 29.5 Å². The van der Waals surface area contributed by atoms with Crippen LogP contribution >= 0.6 is 11.8 Å². The monoisotopic (exact) mass is 424 g/mol. The zero-order chi connectivity index (χ0) is 20.9. The van der Waals surface area contributed by atoms with Gasteiger partial charge in [-0.3, -0.25) is 4.79 Å². The smallest absolute Gasteiger partial charge is 0.236 e. The molecule has 4 rings (SSSR count). The molecule has 9 heteroatoms. The number of para-hydroxylation sites is 1. The number of carbonyl (C=O) groups is 1. The van der Waals surface area contributed by atoms with Crippen LogP contribution in [0.2, 0.25) is 0 Å². The molecule has 0 fully saturated rings. The van der Waals surface area contributed by atoms with Crippen molar-refractivity contribution in [3.63, 3.8) is 0 Å². The van der Waals surface area contributed by atoms with Crippen molar-refractivity contribution in [2.24, 2.45) is 0 Å². The highest BCUT2D eigenvalue weighted by Crippen LogP contribution is 2.27. The molecule has 0 radical (unpaired) electrons. The number of aryl methyl sites for hydroxylation is 1. The second-order valence-corrected chi connectivity index (χ2v) is 7.82. The molecule has 2 heterocycles. The highest BCUT2D eigenvalue weighted by molar-refractivity contribution is 7.99. The highest BCUT2D eigenvalue weighted by Gasteiger charge is 2.22. The number of benzene rings is 2. The predicted molar refractivity (Wildman–Crippen MR) is 117 cm³/mol. The lowest BCUT2D eigenvalue weighted by Gasteiger charge is -2.29. The van der Waals surface area contributed by atoms with Crippen LogP contribution < -0.4 is 16.0 Å². The number of halogens is 1. The molecular weight excluding hydrogens is 403 g/mol. The molecule has 1 aromatic heterocycles. The minimum absolute atomic E-state index is 0.0684. The Labute approximate surface area is 177 Å². The number of aromatic nitrogens is 3. The summed E-state index contributed by atoms with van der Waals surface area (Å²) in [6.07, 6.45) is 1.97. The first-order chi connectivity index (χ1) is 14.6. The van der Waals surface area contributed by atoms with Gasteiger partial charge in [-0.25, -0.2) is 4.39 Å². The first kappa shape index (κ1) is 20.1. The number of nitrogens with two attached hydrogens (primary N) is 1. The van der Waals surface area contributed by atoms with Gasteiger partial charge >= 0.3 is 0 Å². The maximum absolute atomic E-state index is 13.1. The number of amides is 1. The fourth-order valence-electron chi connectivity index (χ4n) is 3.32. The Morgan fingerprint density at radius 2 is 1.93 bits per heavy atom. The standard InChI is InChI=1S/C21H21FN6OS/c22-15-7-9-16(10-8-15)24-21-26-18(25-20(23)27-21)12-30-13-19(29)28-11-3-5-14-4-1-2-6-17(14)28/h1-2,4,6-10H,3,5,11-13H2,(H3,23,24,25,26,27). The van der Waals surface area contributed by atoms with Crippen LogP contribution in [0.4, 0.5) is 27.7 Å². The average Bonchev–Trinajstić information content (AvgIpc) is 2.74. The van der Waals surface area contributed by atoms with Crippen LogP contribution in [-0.4, -0.2) is 33.2 Å². The van der Waals surface area contributed by atoms with Crippen LogP contribution in [0.25, 0.3) is 0 Å². The lowest BCUT2D eigenvalue weighted by molar-refractivity contribution is -0.116. The molecule has 0 aliphatic carbocycles. The van der Waals surface area contributed by atoms with Crippen molar-refractivity contribution in [2.75, 3.05) is 28.2 Å². The molecule has 0 bridgehead atoms. The first-order valence-electron chi connectivity index (χ1n) is 9.57. The van der Waals surface area contributed by atoms with Crippen LogP contribution in [0.5, 0.6) is 0 Å². The number of fused-ring (bicyclic) bond motifs is 1. The molecule has 1 aliphatic heterocycles. The number of hydrogen-bond acceptors (Lipinski definition) is 7. The number of hydrogen-bond donors (Lipinski definition) is 2. The van der Waals surface area contributed by atoms with E-state index in [9.17, 15) is 9.18 Å². The van der Waals surface area contributed by atoms with Gasteiger partial charge in [0, 0.05) is 17.9 Å². The Balaban J connectivity index is 1.37. The van der Waals surface area contributed by atoms with E-state index in [1.807, 2.05) is 23.1 Å². The van der Waals surface area contributed by atoms with E-state index in [4.69, 9.17) is 5.73 Å². The summed E-state index contributed by atoms with van der Waals surface area (Å²) in [6, 6.07) is 13.9. The van der Waals surface area contributed by atoms with Gasteiger partial charge in [-0.05, 0) is 48.7 Å². The van der Waals surface area contributed by atoms with Gasteiger partial charge in [0.25, 0.3) is 0 Å². The molecule has 3 N–H and O–H groups in total. The van der Waals surface area contributed by atoms with E-state index in [1.54, 1.807) is 12.1 Å². The number of thioether (sulfide) groups is 1. The lowest BCUT2D eigenvalue weighted by atomic mass is 10.0. The summed E-state index contributed by atoms with van der Waals surface area (Å²) in [5.41, 5.74) is 8.65. The molecule has 0 saturated carbocycles. The fourth-order valence-corrected chi connectivity index (χ4v) is 4.07. The van der Waals surface area contributed by atoms with Crippen LogP contribution in [0.3, 0.4) is 0 Å². The number of nitrogens with zero attached hydrogens (tertiary/aromatic N) is 4. The second-order valence-electron chi connectivity index (χ2n) is 6.84. The normalized spacial score (nSPS) is 13.0. The summed E-state index contributed by atoms with van der Waals surface area (Å²) in [7, 11) is 0. The van der Waals surface area contributed by atoms with E-state index in [0.29, 0.717) is 23.0 Å². The van der Waals surface area contributed by atoms with E-state index in [-0.39, 0.29) is 23.6 Å². The summed E-state index contributed by atoms with van der Waals surface area (Å²) < 4.78 is 13.1. The van der Waals surface area contributed by atoms with Crippen molar-refractivity contribution < 1.29 is 9.18 Å². The number of nitrogens with one attached hydrogen (secondary N) is 1. The van der Waals surface area contributed by atoms with Crippen LogP contribution in [0.15, 0.2) is 48.5 Å². The van der Waals surface area contributed by atoms with Crippen LogP contribution in [0.1, 0.15) is 17.8 Å². The van der Waals surface area contributed by atoms with E-state index in [0.717, 1.165) is 25.1 Å². The maximum atomic E-state index is 13.1. The lowest BCUT2D eigenvalue weighted by Crippen LogP contribution is -2.36. The van der Waals surface area contributed by atoms with Crippen molar-refractivity contribution >= 4 is 40.9 Å². The van der Waals surface area contributed by atoms with Crippen molar-refractivity contribution in [2.45, 2.75) is 18.6 Å². The molecule has 1 aliphatic rings. The number of anilines is 4. The average molecular weight is 425 g/mol. The number of carbonyl (C=O) groups excluding carboxylic acids is 1. The third kappa shape index (κ3) is 4.85. The molecule has 0 saturated heterocycles. The summed E-state index contributed by atoms with van der Waals surface area (Å²) >= 11 is 1.43. The van der Waals surface area contributed by atoms with Gasteiger partial charge in [-0.2, -0.15) is 15.0 Å².